The number of esters is 1. The van der Waals surface area contributed by atoms with Crippen molar-refractivity contribution in [2.75, 3.05) is 12.4 Å². The van der Waals surface area contributed by atoms with Gasteiger partial charge in [-0.15, -0.1) is 11.3 Å². The van der Waals surface area contributed by atoms with Crippen molar-refractivity contribution in [1.29, 1.82) is 0 Å². The predicted molar refractivity (Wildman–Crippen MR) is 94.9 cm³/mol. The number of hydrogen-bond acceptors (Lipinski definition) is 7. The Labute approximate surface area is 147 Å². The average Bonchev–Trinajstić information content (AvgIpc) is 2.94. The third kappa shape index (κ3) is 3.03. The molecule has 0 saturated heterocycles. The summed E-state index contributed by atoms with van der Waals surface area (Å²) in [6, 6.07) is 4.82. The highest BCUT2D eigenvalue weighted by Gasteiger charge is 2.20. The van der Waals surface area contributed by atoms with Crippen molar-refractivity contribution >= 4 is 45.0 Å². The molecular formula is C17H15N3O4S. The van der Waals surface area contributed by atoms with Gasteiger partial charge in [0.15, 0.2) is 0 Å². The van der Waals surface area contributed by atoms with E-state index in [1.54, 1.807) is 25.1 Å². The lowest BCUT2D eigenvalue weighted by molar-refractivity contribution is 0.0604. The molecule has 0 saturated carbocycles. The van der Waals surface area contributed by atoms with Crippen LogP contribution in [0.5, 0.6) is 0 Å². The molecule has 0 fully saturated rings. The zero-order chi connectivity index (χ0) is 18.1. The second-order valence-electron chi connectivity index (χ2n) is 5.41. The van der Waals surface area contributed by atoms with Crippen LogP contribution in [0.3, 0.4) is 0 Å². The SMILES string of the molecule is COC(=O)c1sc2ncnc(Nc3cc(C(=O)O)ccc3C)c2c1C. The van der Waals surface area contributed by atoms with Crippen molar-refractivity contribution in [3.05, 3.63) is 46.1 Å². The molecule has 128 valence electrons. The Balaban J connectivity index is 2.11. The van der Waals surface area contributed by atoms with E-state index in [-0.39, 0.29) is 5.56 Å². The first-order valence-corrected chi connectivity index (χ1v) is 8.17. The number of nitrogens with one attached hydrogen (secondary N) is 1. The van der Waals surface area contributed by atoms with Gasteiger partial charge in [-0.05, 0) is 37.1 Å². The number of hydrogen-bond donors (Lipinski definition) is 2. The summed E-state index contributed by atoms with van der Waals surface area (Å²) in [5.74, 6) is -0.911. The van der Waals surface area contributed by atoms with E-state index in [4.69, 9.17) is 4.74 Å². The highest BCUT2D eigenvalue weighted by molar-refractivity contribution is 7.20. The Morgan fingerprint density at radius 3 is 2.68 bits per heavy atom. The normalized spacial score (nSPS) is 10.7. The summed E-state index contributed by atoms with van der Waals surface area (Å²) < 4.78 is 4.80. The van der Waals surface area contributed by atoms with E-state index >= 15 is 0 Å². The van der Waals surface area contributed by atoms with Crippen LogP contribution in [0.1, 0.15) is 31.2 Å². The van der Waals surface area contributed by atoms with Crippen LogP contribution in [0, 0.1) is 13.8 Å². The number of methoxy groups -OCH3 is 1. The maximum absolute atomic E-state index is 11.9. The molecule has 3 rings (SSSR count). The third-order valence-corrected chi connectivity index (χ3v) is 5.02. The molecule has 0 aliphatic carbocycles. The molecule has 2 aromatic heterocycles. The van der Waals surface area contributed by atoms with Crippen molar-refractivity contribution in [1.82, 2.24) is 9.97 Å². The first-order chi connectivity index (χ1) is 11.9. The van der Waals surface area contributed by atoms with Crippen LogP contribution in [0.2, 0.25) is 0 Å². The summed E-state index contributed by atoms with van der Waals surface area (Å²) in [5, 5.41) is 13.0. The van der Waals surface area contributed by atoms with Crippen molar-refractivity contribution in [3.8, 4) is 0 Å². The van der Waals surface area contributed by atoms with Crippen molar-refractivity contribution in [3.63, 3.8) is 0 Å². The first-order valence-electron chi connectivity index (χ1n) is 7.35. The Bertz CT molecular complexity index is 997. The molecule has 0 unspecified atom stereocenters. The van der Waals surface area contributed by atoms with Gasteiger partial charge in [-0.2, -0.15) is 0 Å². The minimum Gasteiger partial charge on any atom is -0.478 e. The van der Waals surface area contributed by atoms with Gasteiger partial charge in [0, 0.05) is 5.69 Å². The molecule has 0 aliphatic heterocycles. The number of carbonyl (C=O) groups is 2. The lowest BCUT2D eigenvalue weighted by Crippen LogP contribution is -2.02. The number of carbonyl (C=O) groups excluding carboxylic acids is 1. The number of aromatic nitrogens is 2. The van der Waals surface area contributed by atoms with Crippen LogP contribution >= 0.6 is 11.3 Å². The number of aromatic carboxylic acids is 1. The Kier molecular flexibility index (Phi) is 4.37. The van der Waals surface area contributed by atoms with E-state index < -0.39 is 11.9 Å². The predicted octanol–water partition coefficient (Wildman–Crippen LogP) is 3.54. The first kappa shape index (κ1) is 16.8. The zero-order valence-corrected chi connectivity index (χ0v) is 14.6. The molecule has 3 aromatic rings. The summed E-state index contributed by atoms with van der Waals surface area (Å²) in [6.07, 6.45) is 1.40. The van der Waals surface area contributed by atoms with Gasteiger partial charge in [-0.1, -0.05) is 6.07 Å². The van der Waals surface area contributed by atoms with Crippen molar-refractivity contribution in [2.24, 2.45) is 0 Å². The van der Waals surface area contributed by atoms with E-state index in [0.29, 0.717) is 26.6 Å². The maximum Gasteiger partial charge on any atom is 0.348 e. The number of nitrogens with zero attached hydrogens (tertiary/aromatic N) is 2. The minimum absolute atomic E-state index is 0.177. The molecule has 25 heavy (non-hydrogen) atoms. The van der Waals surface area contributed by atoms with Crippen LogP contribution in [0.25, 0.3) is 10.2 Å². The molecule has 1 aromatic carbocycles. The van der Waals surface area contributed by atoms with Gasteiger partial charge in [0.05, 0.1) is 18.1 Å². The lowest BCUT2D eigenvalue weighted by atomic mass is 10.1. The van der Waals surface area contributed by atoms with Gasteiger partial charge in [0.2, 0.25) is 0 Å². The summed E-state index contributed by atoms with van der Waals surface area (Å²) >= 11 is 1.23. The average molecular weight is 357 g/mol. The standard InChI is InChI=1S/C17H15N3O4S/c1-8-4-5-10(16(21)22)6-11(8)20-14-12-9(2)13(17(23)24-3)25-15(12)19-7-18-14/h4-7H,1-3H3,(H,21,22)(H,18,19,20). The van der Waals surface area contributed by atoms with Gasteiger partial charge >= 0.3 is 11.9 Å². The van der Waals surface area contributed by atoms with E-state index in [1.165, 1.54) is 24.8 Å². The van der Waals surface area contributed by atoms with E-state index in [1.807, 2.05) is 6.92 Å². The number of thiophene rings is 1. The van der Waals surface area contributed by atoms with Gasteiger partial charge in [-0.3, -0.25) is 0 Å². The topological polar surface area (TPSA) is 101 Å². The van der Waals surface area contributed by atoms with Gasteiger partial charge < -0.3 is 15.2 Å². The van der Waals surface area contributed by atoms with Gasteiger partial charge in [0.1, 0.15) is 21.9 Å². The number of fused-ring (bicyclic) bond motifs is 1. The van der Waals surface area contributed by atoms with Gasteiger partial charge in [-0.25, -0.2) is 19.6 Å². The molecule has 0 radical (unpaired) electrons. The second-order valence-corrected chi connectivity index (χ2v) is 6.41. The summed E-state index contributed by atoms with van der Waals surface area (Å²) in [6.45, 7) is 3.67. The fraction of sp³-hybridized carbons (Fsp3) is 0.176. The molecule has 0 bridgehead atoms. The molecule has 2 heterocycles. The van der Waals surface area contributed by atoms with E-state index in [0.717, 1.165) is 11.1 Å². The monoisotopic (exact) mass is 357 g/mol. The number of anilines is 2. The number of aryl methyl sites for hydroxylation is 2. The summed E-state index contributed by atoms with van der Waals surface area (Å²) in [5.41, 5.74) is 2.40. The van der Waals surface area contributed by atoms with Crippen LogP contribution in [-0.2, 0) is 4.74 Å². The quantitative estimate of drug-likeness (QED) is 0.689. The van der Waals surface area contributed by atoms with E-state index in [9.17, 15) is 14.7 Å². The number of ether oxygens (including phenoxy) is 1. The van der Waals surface area contributed by atoms with Crippen LogP contribution in [-0.4, -0.2) is 34.1 Å². The van der Waals surface area contributed by atoms with E-state index in [2.05, 4.69) is 15.3 Å². The molecular weight excluding hydrogens is 342 g/mol. The highest BCUT2D eigenvalue weighted by Crippen LogP contribution is 2.35. The maximum atomic E-state index is 11.9. The molecule has 7 nitrogen and oxygen atoms in total. The molecule has 8 heteroatoms. The third-order valence-electron chi connectivity index (χ3n) is 3.84. The molecule has 0 spiro atoms. The number of carboxylic acids is 1. The Morgan fingerprint density at radius 2 is 2.00 bits per heavy atom. The lowest BCUT2D eigenvalue weighted by Gasteiger charge is -2.11. The summed E-state index contributed by atoms with van der Waals surface area (Å²) in [4.78, 5) is 32.7. The smallest absolute Gasteiger partial charge is 0.348 e. The molecule has 0 amide bonds. The van der Waals surface area contributed by atoms with Crippen molar-refractivity contribution < 1.29 is 19.4 Å². The fourth-order valence-corrected chi connectivity index (χ4v) is 3.54. The van der Waals surface area contributed by atoms with Crippen LogP contribution in [0.4, 0.5) is 11.5 Å². The molecule has 2 N–H and O–H groups in total. The number of carboxylic acid groups (broad SMARTS) is 1. The number of rotatable bonds is 4. The molecule has 0 aliphatic rings. The van der Waals surface area contributed by atoms with Crippen LogP contribution in [0.15, 0.2) is 24.5 Å². The second kappa shape index (κ2) is 6.48. The summed E-state index contributed by atoms with van der Waals surface area (Å²) in [7, 11) is 1.33. The molecule has 0 atom stereocenters. The largest absolute Gasteiger partial charge is 0.478 e. The Morgan fingerprint density at radius 1 is 1.24 bits per heavy atom. The highest BCUT2D eigenvalue weighted by atomic mass is 32.1. The Hall–Kier alpha value is -3.00. The number of benzene rings is 1. The fourth-order valence-electron chi connectivity index (χ4n) is 2.47. The van der Waals surface area contributed by atoms with Crippen molar-refractivity contribution in [2.45, 2.75) is 13.8 Å². The van der Waals surface area contributed by atoms with Crippen LogP contribution < -0.4 is 5.32 Å². The minimum atomic E-state index is -1.00. The zero-order valence-electron chi connectivity index (χ0n) is 13.8. The van der Waals surface area contributed by atoms with Gasteiger partial charge in [0.25, 0.3) is 0 Å².